The van der Waals surface area contributed by atoms with Gasteiger partial charge in [-0.3, -0.25) is 4.79 Å². The van der Waals surface area contributed by atoms with Crippen molar-refractivity contribution in [1.29, 1.82) is 5.26 Å². The molecule has 8 heteroatoms. The van der Waals surface area contributed by atoms with Crippen LogP contribution in [0, 0.1) is 11.3 Å². The zero-order valence-electron chi connectivity index (χ0n) is 15.8. The smallest absolute Gasteiger partial charge is 0.255 e. The van der Waals surface area contributed by atoms with Gasteiger partial charge in [0.1, 0.15) is 11.4 Å². The average molecular weight is 420 g/mol. The summed E-state index contributed by atoms with van der Waals surface area (Å²) in [5, 5.41) is 9.16. The van der Waals surface area contributed by atoms with E-state index in [0.717, 1.165) is 5.56 Å². The normalized spacial score (nSPS) is 11.2. The van der Waals surface area contributed by atoms with Crippen LogP contribution in [0.15, 0.2) is 53.4 Å². The highest BCUT2D eigenvalue weighted by Gasteiger charge is 2.26. The van der Waals surface area contributed by atoms with Gasteiger partial charge in [0.25, 0.3) is 5.91 Å². The first-order valence-electron chi connectivity index (χ1n) is 8.85. The summed E-state index contributed by atoms with van der Waals surface area (Å²) in [6.45, 7) is 4.18. The molecule has 0 spiro atoms. The summed E-state index contributed by atoms with van der Waals surface area (Å²) in [6.07, 6.45) is 0. The lowest BCUT2D eigenvalue weighted by Crippen LogP contribution is -2.32. The molecule has 0 aliphatic carbocycles. The first-order chi connectivity index (χ1) is 13.3. The van der Waals surface area contributed by atoms with Crippen LogP contribution in [-0.4, -0.2) is 43.2 Å². The van der Waals surface area contributed by atoms with Crippen LogP contribution in [0.4, 0.5) is 0 Å². The maximum Gasteiger partial charge on any atom is 0.255 e. The minimum Gasteiger partial charge on any atom is -0.321 e. The van der Waals surface area contributed by atoms with Gasteiger partial charge < -0.3 is 4.90 Å². The summed E-state index contributed by atoms with van der Waals surface area (Å²) in [6, 6.07) is 15.4. The Kier molecular flexibility index (Phi) is 7.58. The third-order valence-electron chi connectivity index (χ3n) is 4.27. The quantitative estimate of drug-likeness (QED) is 0.613. The van der Waals surface area contributed by atoms with Crippen molar-refractivity contribution < 1.29 is 13.2 Å². The Morgan fingerprint density at radius 1 is 1.11 bits per heavy atom. The Bertz CT molecular complexity index is 968. The lowest BCUT2D eigenvalue weighted by atomic mass is 10.1. The standard InChI is InChI=1S/C20H22ClN3O3S/c1-3-24(4-2)28(26,27)19-14-17(10-11-18(19)21)20(25)23(13-12-22)15-16-8-6-5-7-9-16/h5-11,14H,3-4,13,15H2,1-2H3. The molecule has 0 aromatic heterocycles. The van der Waals surface area contributed by atoms with Crippen LogP contribution in [-0.2, 0) is 16.6 Å². The molecule has 0 bridgehead atoms. The van der Waals surface area contributed by atoms with Crippen LogP contribution in [0.3, 0.4) is 0 Å². The van der Waals surface area contributed by atoms with Gasteiger partial charge >= 0.3 is 0 Å². The van der Waals surface area contributed by atoms with Gasteiger partial charge in [-0.1, -0.05) is 55.8 Å². The number of carbonyl (C=O) groups excluding carboxylic acids is 1. The van der Waals surface area contributed by atoms with Crippen molar-refractivity contribution in [3.63, 3.8) is 0 Å². The van der Waals surface area contributed by atoms with Crippen molar-refractivity contribution in [3.05, 3.63) is 64.7 Å². The molecule has 0 heterocycles. The van der Waals surface area contributed by atoms with Crippen LogP contribution in [0.25, 0.3) is 0 Å². The van der Waals surface area contributed by atoms with Crippen LogP contribution in [0.5, 0.6) is 0 Å². The number of benzene rings is 2. The Morgan fingerprint density at radius 2 is 1.75 bits per heavy atom. The molecule has 1 amide bonds. The molecule has 2 rings (SSSR count). The summed E-state index contributed by atoms with van der Waals surface area (Å²) in [5.74, 6) is -0.432. The van der Waals surface area contributed by atoms with E-state index in [2.05, 4.69) is 0 Å². The fourth-order valence-electron chi connectivity index (χ4n) is 2.81. The largest absolute Gasteiger partial charge is 0.321 e. The fraction of sp³-hybridized carbons (Fsp3) is 0.300. The highest BCUT2D eigenvalue weighted by molar-refractivity contribution is 7.89. The lowest BCUT2D eigenvalue weighted by molar-refractivity contribution is 0.0764. The van der Waals surface area contributed by atoms with E-state index in [1.54, 1.807) is 13.8 Å². The van der Waals surface area contributed by atoms with Crippen molar-refractivity contribution in [2.75, 3.05) is 19.6 Å². The zero-order valence-corrected chi connectivity index (χ0v) is 17.4. The van der Waals surface area contributed by atoms with Crippen molar-refractivity contribution in [1.82, 2.24) is 9.21 Å². The fourth-order valence-corrected chi connectivity index (χ4v) is 4.77. The van der Waals surface area contributed by atoms with E-state index in [4.69, 9.17) is 16.9 Å². The van der Waals surface area contributed by atoms with E-state index in [1.807, 2.05) is 36.4 Å². The third-order valence-corrected chi connectivity index (χ3v) is 6.80. The van der Waals surface area contributed by atoms with E-state index >= 15 is 0 Å². The van der Waals surface area contributed by atoms with Crippen molar-refractivity contribution in [2.45, 2.75) is 25.3 Å². The number of nitrogens with zero attached hydrogens (tertiary/aromatic N) is 3. The molecule has 0 unspecified atom stereocenters. The number of hydrogen-bond donors (Lipinski definition) is 0. The van der Waals surface area contributed by atoms with Gasteiger partial charge in [-0.15, -0.1) is 0 Å². The lowest BCUT2D eigenvalue weighted by Gasteiger charge is -2.22. The van der Waals surface area contributed by atoms with E-state index in [9.17, 15) is 13.2 Å². The van der Waals surface area contributed by atoms with Gasteiger partial charge in [-0.05, 0) is 23.8 Å². The molecule has 148 valence electrons. The van der Waals surface area contributed by atoms with Gasteiger partial charge in [0.2, 0.25) is 10.0 Å². The second-order valence-electron chi connectivity index (χ2n) is 6.04. The molecule has 0 aliphatic rings. The molecule has 0 aliphatic heterocycles. The molecular formula is C20H22ClN3O3S. The van der Waals surface area contributed by atoms with E-state index in [-0.39, 0.29) is 28.6 Å². The Hall–Kier alpha value is -2.40. The molecule has 0 fully saturated rings. The highest BCUT2D eigenvalue weighted by atomic mass is 35.5. The summed E-state index contributed by atoms with van der Waals surface area (Å²) < 4.78 is 27.0. The van der Waals surface area contributed by atoms with E-state index in [0.29, 0.717) is 13.1 Å². The van der Waals surface area contributed by atoms with Crippen molar-refractivity contribution in [3.8, 4) is 6.07 Å². The number of sulfonamides is 1. The summed E-state index contributed by atoms with van der Waals surface area (Å²) in [7, 11) is -3.82. The predicted octanol–water partition coefficient (Wildman–Crippen LogP) is 3.54. The van der Waals surface area contributed by atoms with E-state index in [1.165, 1.54) is 27.4 Å². The number of amides is 1. The number of rotatable bonds is 8. The Morgan fingerprint density at radius 3 is 2.32 bits per heavy atom. The average Bonchev–Trinajstić information content (AvgIpc) is 2.69. The molecule has 0 radical (unpaired) electrons. The van der Waals surface area contributed by atoms with Crippen LogP contribution < -0.4 is 0 Å². The van der Waals surface area contributed by atoms with Crippen LogP contribution in [0.2, 0.25) is 5.02 Å². The minimum atomic E-state index is -3.82. The predicted molar refractivity (Wildman–Crippen MR) is 108 cm³/mol. The molecule has 0 N–H and O–H groups in total. The van der Waals surface area contributed by atoms with Gasteiger partial charge in [0.15, 0.2) is 0 Å². The van der Waals surface area contributed by atoms with Gasteiger partial charge in [-0.2, -0.15) is 9.57 Å². The molecule has 28 heavy (non-hydrogen) atoms. The topological polar surface area (TPSA) is 81.5 Å². The molecule has 0 atom stereocenters. The number of hydrogen-bond acceptors (Lipinski definition) is 4. The first-order valence-corrected chi connectivity index (χ1v) is 10.7. The molecule has 0 saturated carbocycles. The second-order valence-corrected chi connectivity index (χ2v) is 8.35. The van der Waals surface area contributed by atoms with Crippen LogP contribution in [0.1, 0.15) is 29.8 Å². The highest BCUT2D eigenvalue weighted by Crippen LogP contribution is 2.26. The Balaban J connectivity index is 2.40. The van der Waals surface area contributed by atoms with Gasteiger partial charge in [-0.25, -0.2) is 8.42 Å². The van der Waals surface area contributed by atoms with Gasteiger partial charge in [0.05, 0.1) is 11.1 Å². The van der Waals surface area contributed by atoms with Crippen molar-refractivity contribution >= 4 is 27.5 Å². The summed E-state index contributed by atoms with van der Waals surface area (Å²) in [5.41, 5.74) is 1.04. The summed E-state index contributed by atoms with van der Waals surface area (Å²) in [4.78, 5) is 14.2. The second kappa shape index (κ2) is 9.69. The van der Waals surface area contributed by atoms with Crippen molar-refractivity contribution in [2.24, 2.45) is 0 Å². The number of nitriles is 1. The number of halogens is 1. The van der Waals surface area contributed by atoms with Gasteiger partial charge in [0, 0.05) is 25.2 Å². The summed E-state index contributed by atoms with van der Waals surface area (Å²) >= 11 is 6.13. The maximum atomic E-state index is 13.0. The van der Waals surface area contributed by atoms with Crippen LogP contribution >= 0.6 is 11.6 Å². The maximum absolute atomic E-state index is 13.0. The minimum absolute atomic E-state index is 0.0540. The Labute approximate surface area is 171 Å². The molecule has 2 aromatic carbocycles. The molecule has 2 aromatic rings. The first kappa shape index (κ1) is 21.9. The third kappa shape index (κ3) is 4.90. The molecular weight excluding hydrogens is 398 g/mol. The molecule has 6 nitrogen and oxygen atoms in total. The molecule has 0 saturated heterocycles. The SMILES string of the molecule is CCN(CC)S(=O)(=O)c1cc(C(=O)N(CC#N)Cc2ccccc2)ccc1Cl. The van der Waals surface area contributed by atoms with E-state index < -0.39 is 15.9 Å². The monoisotopic (exact) mass is 419 g/mol. The zero-order chi connectivity index (χ0) is 20.7. The number of carbonyl (C=O) groups is 1.